The van der Waals surface area contributed by atoms with Gasteiger partial charge in [-0.2, -0.15) is 0 Å². The molecule has 1 saturated carbocycles. The number of anilines is 1. The summed E-state index contributed by atoms with van der Waals surface area (Å²) in [7, 11) is 1.44. The molecule has 1 aliphatic rings. The topological polar surface area (TPSA) is 84.8 Å². The van der Waals surface area contributed by atoms with Crippen LogP contribution in [0, 0.1) is 0 Å². The summed E-state index contributed by atoms with van der Waals surface area (Å²) in [6, 6.07) is 19.7. The lowest BCUT2D eigenvalue weighted by molar-refractivity contribution is 0.101. The molecular formula is C28H32BN3O4S. The summed E-state index contributed by atoms with van der Waals surface area (Å²) >= 11 is 1.63. The van der Waals surface area contributed by atoms with E-state index < -0.39 is 7.05 Å². The third-order valence-corrected chi connectivity index (χ3v) is 7.69. The molecule has 0 aliphatic heterocycles. The Kier molecular flexibility index (Phi) is 7.83. The first-order valence-corrected chi connectivity index (χ1v) is 13.6. The predicted molar refractivity (Wildman–Crippen MR) is 150 cm³/mol. The molecule has 2 aromatic carbocycles. The number of carbonyl (C=O) groups is 1. The van der Waals surface area contributed by atoms with E-state index in [9.17, 15) is 9.82 Å². The normalized spacial score (nSPS) is 17.5. The molecule has 4 aromatic rings. The lowest BCUT2D eigenvalue weighted by atomic mass is 9.83. The van der Waals surface area contributed by atoms with Crippen LogP contribution in [0.5, 0.6) is 11.5 Å². The molecule has 0 unspecified atom stereocenters. The number of ether oxygens (including phenoxy) is 2. The number of nitrogens with zero attached hydrogens (tertiary/aromatic N) is 1. The fourth-order valence-electron chi connectivity index (χ4n) is 4.88. The number of benzene rings is 2. The van der Waals surface area contributed by atoms with Gasteiger partial charge in [0.25, 0.3) is 5.91 Å². The molecule has 7 nitrogen and oxygen atoms in total. The Bertz CT molecular complexity index is 1340. The summed E-state index contributed by atoms with van der Waals surface area (Å²) in [4.78, 5) is 13.0. The number of para-hydroxylation sites is 1. The van der Waals surface area contributed by atoms with Crippen molar-refractivity contribution < 1.29 is 19.3 Å². The molecule has 0 bridgehead atoms. The summed E-state index contributed by atoms with van der Waals surface area (Å²) in [6.45, 7) is 2.09. The monoisotopic (exact) mass is 517 g/mol. The van der Waals surface area contributed by atoms with Crippen molar-refractivity contribution in [2.45, 2.75) is 51.3 Å². The van der Waals surface area contributed by atoms with Crippen molar-refractivity contribution in [2.24, 2.45) is 7.05 Å². The average molecular weight is 517 g/mol. The van der Waals surface area contributed by atoms with Gasteiger partial charge in [0.2, 0.25) is 0 Å². The zero-order valence-electron chi connectivity index (χ0n) is 21.1. The Balaban J connectivity index is 1.15. The van der Waals surface area contributed by atoms with E-state index in [0.717, 1.165) is 58.6 Å². The number of hydrogen-bond donors (Lipinski definition) is 3. The molecule has 1 aliphatic carbocycles. The average Bonchev–Trinajstić information content (AvgIpc) is 3.48. The van der Waals surface area contributed by atoms with Gasteiger partial charge < -0.3 is 29.6 Å². The summed E-state index contributed by atoms with van der Waals surface area (Å²) in [5, 5.41) is 17.8. The fraction of sp³-hybridized carbons (Fsp3) is 0.321. The predicted octanol–water partition coefficient (Wildman–Crippen LogP) is 5.46. The molecule has 0 atom stereocenters. The van der Waals surface area contributed by atoms with Gasteiger partial charge in [0.1, 0.15) is 23.8 Å². The van der Waals surface area contributed by atoms with Crippen LogP contribution in [0.1, 0.15) is 41.7 Å². The van der Waals surface area contributed by atoms with Crippen LogP contribution in [0.25, 0.3) is 10.2 Å². The van der Waals surface area contributed by atoms with Gasteiger partial charge in [0.05, 0.1) is 16.3 Å². The largest absolute Gasteiger partial charge is 0.490 e. The number of hydrogen-bond acceptors (Lipinski definition) is 6. The Morgan fingerprint density at radius 1 is 1.08 bits per heavy atom. The van der Waals surface area contributed by atoms with Crippen molar-refractivity contribution in [2.75, 3.05) is 5.32 Å². The van der Waals surface area contributed by atoms with Gasteiger partial charge in [0.15, 0.2) is 0 Å². The third kappa shape index (κ3) is 6.18. The van der Waals surface area contributed by atoms with Crippen molar-refractivity contribution in [3.05, 3.63) is 77.3 Å². The summed E-state index contributed by atoms with van der Waals surface area (Å²) < 4.78 is 15.2. The molecular weight excluding hydrogens is 485 g/mol. The van der Waals surface area contributed by atoms with Crippen molar-refractivity contribution in [1.82, 2.24) is 9.79 Å². The highest BCUT2D eigenvalue weighted by atomic mass is 32.1. The molecule has 1 amide bonds. The molecule has 0 spiro atoms. The van der Waals surface area contributed by atoms with E-state index in [4.69, 9.17) is 9.47 Å². The molecule has 0 saturated heterocycles. The maximum atomic E-state index is 13.0. The molecule has 9 heteroatoms. The Hall–Kier alpha value is -3.27. The van der Waals surface area contributed by atoms with Crippen LogP contribution in [0.3, 0.4) is 0 Å². The molecule has 5 rings (SSSR count). The molecule has 0 radical (unpaired) electrons. The number of aromatic nitrogens is 1. The Morgan fingerprint density at radius 2 is 1.81 bits per heavy atom. The molecule has 192 valence electrons. The summed E-state index contributed by atoms with van der Waals surface area (Å²) in [6.07, 6.45) is 4.11. The van der Waals surface area contributed by atoms with Crippen LogP contribution in [-0.4, -0.2) is 34.7 Å². The van der Waals surface area contributed by atoms with Crippen LogP contribution < -0.4 is 20.0 Å². The quantitative estimate of drug-likeness (QED) is 0.257. The van der Waals surface area contributed by atoms with E-state index in [-0.39, 0.29) is 12.0 Å². The van der Waals surface area contributed by atoms with Gasteiger partial charge in [0, 0.05) is 18.3 Å². The van der Waals surface area contributed by atoms with Crippen molar-refractivity contribution >= 4 is 40.2 Å². The van der Waals surface area contributed by atoms with E-state index in [1.807, 2.05) is 77.7 Å². The summed E-state index contributed by atoms with van der Waals surface area (Å²) in [5.74, 6) is 1.42. The highest BCUT2D eigenvalue weighted by Gasteiger charge is 2.23. The van der Waals surface area contributed by atoms with Crippen molar-refractivity contribution in [1.29, 1.82) is 0 Å². The first kappa shape index (κ1) is 25.4. The first-order valence-electron chi connectivity index (χ1n) is 12.7. The molecule has 2 heterocycles. The minimum Gasteiger partial charge on any atom is -0.490 e. The van der Waals surface area contributed by atoms with Crippen LogP contribution in [-0.2, 0) is 13.7 Å². The van der Waals surface area contributed by atoms with Gasteiger partial charge in [-0.15, -0.1) is 11.3 Å². The lowest BCUT2D eigenvalue weighted by Gasteiger charge is -2.30. The standard InChI is InChI=1S/C28H32BN3O4S/c1-29(34)31-20-7-9-22(10-8-20)36-23-13-11-21(12-14-23)35-18-19-5-3-4-6-24(19)30-28(33)26-17-27-25(32(26)2)15-16-37-27/h3-6,11-17,20,22,31,34H,7-10,18H2,1-2H3,(H,30,33)/t20-,22+. The van der Waals surface area contributed by atoms with Crippen LogP contribution in [0.2, 0.25) is 6.82 Å². The van der Waals surface area contributed by atoms with Crippen LogP contribution in [0.15, 0.2) is 66.0 Å². The zero-order valence-corrected chi connectivity index (χ0v) is 22.0. The number of fused-ring (bicyclic) bond motifs is 1. The minimum atomic E-state index is -0.473. The van der Waals surface area contributed by atoms with Gasteiger partial charge in [-0.25, -0.2) is 0 Å². The zero-order chi connectivity index (χ0) is 25.8. The molecule has 1 fully saturated rings. The highest BCUT2D eigenvalue weighted by molar-refractivity contribution is 7.17. The first-order chi connectivity index (χ1) is 18.0. The van der Waals surface area contributed by atoms with E-state index in [0.29, 0.717) is 18.3 Å². The number of rotatable bonds is 9. The molecule has 3 N–H and O–H groups in total. The SMILES string of the molecule is CB(O)N[C@H]1CC[C@@H](Oc2ccc(OCc3ccccc3NC(=O)c3cc4sccc4n3C)cc2)CC1. The third-order valence-electron chi connectivity index (χ3n) is 6.83. The maximum absolute atomic E-state index is 13.0. The van der Waals surface area contributed by atoms with Crippen LogP contribution >= 0.6 is 11.3 Å². The van der Waals surface area contributed by atoms with E-state index in [1.165, 1.54) is 0 Å². The number of aryl methyl sites for hydroxylation is 1. The van der Waals surface area contributed by atoms with Gasteiger partial charge in [-0.3, -0.25) is 4.79 Å². The smallest absolute Gasteiger partial charge is 0.373 e. The van der Waals surface area contributed by atoms with E-state index in [1.54, 1.807) is 18.2 Å². The number of thiophene rings is 1. The van der Waals surface area contributed by atoms with E-state index >= 15 is 0 Å². The van der Waals surface area contributed by atoms with Gasteiger partial charge in [-0.05, 0) is 86.4 Å². The number of carbonyl (C=O) groups excluding carboxylic acids is 1. The molecule has 37 heavy (non-hydrogen) atoms. The van der Waals surface area contributed by atoms with Crippen molar-refractivity contribution in [3.8, 4) is 11.5 Å². The lowest BCUT2D eigenvalue weighted by Crippen LogP contribution is -2.43. The Morgan fingerprint density at radius 3 is 2.54 bits per heavy atom. The van der Waals surface area contributed by atoms with E-state index in [2.05, 4.69) is 10.5 Å². The van der Waals surface area contributed by atoms with Crippen molar-refractivity contribution in [3.63, 3.8) is 0 Å². The fourth-order valence-corrected chi connectivity index (χ4v) is 5.73. The second-order valence-electron chi connectivity index (χ2n) is 9.56. The van der Waals surface area contributed by atoms with Gasteiger partial charge in [-0.1, -0.05) is 18.2 Å². The van der Waals surface area contributed by atoms with Crippen LogP contribution in [0.4, 0.5) is 5.69 Å². The summed E-state index contributed by atoms with van der Waals surface area (Å²) in [5.41, 5.74) is 3.31. The maximum Gasteiger partial charge on any atom is 0.373 e. The second kappa shape index (κ2) is 11.4. The molecule has 2 aromatic heterocycles. The van der Waals surface area contributed by atoms with Gasteiger partial charge >= 0.3 is 7.05 Å². The minimum absolute atomic E-state index is 0.143. The second-order valence-corrected chi connectivity index (χ2v) is 10.5. The number of amides is 1. The Labute approximate surface area is 221 Å². The number of nitrogens with one attached hydrogen (secondary N) is 2. The highest BCUT2D eigenvalue weighted by Crippen LogP contribution is 2.27.